The van der Waals surface area contributed by atoms with Gasteiger partial charge in [-0.15, -0.1) is 0 Å². The first-order valence-electron chi connectivity index (χ1n) is 12.6. The monoisotopic (exact) mass is 494 g/mol. The highest BCUT2D eigenvalue weighted by molar-refractivity contribution is 5.86. The predicted octanol–water partition coefficient (Wildman–Crippen LogP) is 2.38. The smallest absolute Gasteiger partial charge is 0.222 e. The molecule has 4 N–H and O–H groups in total. The van der Waals surface area contributed by atoms with Crippen LogP contribution in [-0.2, 0) is 17.8 Å². The lowest BCUT2D eigenvalue weighted by Crippen LogP contribution is -2.29. The van der Waals surface area contributed by atoms with Gasteiger partial charge in [-0.05, 0) is 12.8 Å². The number of aliphatic hydroxyl groups excluding tert-OH is 1. The van der Waals surface area contributed by atoms with E-state index in [9.17, 15) is 5.11 Å². The number of hydrogen-bond donors (Lipinski definition) is 3. The van der Waals surface area contributed by atoms with Crippen LogP contribution in [0.2, 0.25) is 0 Å². The fourth-order valence-electron chi connectivity index (χ4n) is 4.67. The average molecular weight is 495 g/mol. The number of benzene rings is 1. The van der Waals surface area contributed by atoms with E-state index in [4.69, 9.17) is 20.0 Å². The summed E-state index contributed by atoms with van der Waals surface area (Å²) in [5.41, 5.74) is 11.1. The first-order valence-corrected chi connectivity index (χ1v) is 12.6. The summed E-state index contributed by atoms with van der Waals surface area (Å²) < 4.78 is 13.3. The van der Waals surface area contributed by atoms with Crippen LogP contribution in [0.15, 0.2) is 22.7 Å². The summed E-state index contributed by atoms with van der Waals surface area (Å²) >= 11 is 0. The fourth-order valence-corrected chi connectivity index (χ4v) is 4.67. The van der Waals surface area contributed by atoms with Crippen LogP contribution in [0.1, 0.15) is 43.2 Å². The summed E-state index contributed by atoms with van der Waals surface area (Å²) in [7, 11) is 0. The Hall–Kier alpha value is -3.28. The number of fused-ring (bicyclic) bond motifs is 2. The topological polar surface area (TPSA) is 140 Å². The quantitative estimate of drug-likeness (QED) is 0.285. The van der Waals surface area contributed by atoms with Gasteiger partial charge in [0, 0.05) is 50.3 Å². The number of aliphatic hydroxyl groups is 1. The molecule has 0 amide bonds. The van der Waals surface area contributed by atoms with Crippen molar-refractivity contribution in [3.8, 4) is 0 Å². The summed E-state index contributed by atoms with van der Waals surface area (Å²) in [5, 5.41) is 18.0. The second-order valence-corrected chi connectivity index (χ2v) is 9.27. The second-order valence-electron chi connectivity index (χ2n) is 9.27. The zero-order valence-electron chi connectivity index (χ0n) is 20.9. The highest BCUT2D eigenvalue weighted by Crippen LogP contribution is 2.27. The molecule has 0 bridgehead atoms. The number of nitrogens with two attached hydrogens (primary N) is 1. The zero-order valence-corrected chi connectivity index (χ0v) is 20.9. The molecule has 1 aromatic carbocycles. The van der Waals surface area contributed by atoms with Gasteiger partial charge in [0.1, 0.15) is 11.0 Å². The van der Waals surface area contributed by atoms with Crippen molar-refractivity contribution in [3.05, 3.63) is 35.3 Å². The van der Waals surface area contributed by atoms with Gasteiger partial charge in [-0.2, -0.15) is 10.1 Å². The number of rotatable bonds is 11. The van der Waals surface area contributed by atoms with Gasteiger partial charge in [0.2, 0.25) is 5.95 Å². The van der Waals surface area contributed by atoms with E-state index in [0.29, 0.717) is 48.4 Å². The minimum atomic E-state index is 0.0221. The van der Waals surface area contributed by atoms with Gasteiger partial charge in [-0.25, -0.2) is 9.97 Å². The molecular formula is C25H34N8O3. The van der Waals surface area contributed by atoms with Crippen LogP contribution in [0.25, 0.3) is 22.1 Å². The summed E-state index contributed by atoms with van der Waals surface area (Å²) in [6.07, 6.45) is 4.91. The molecule has 0 aliphatic carbocycles. The van der Waals surface area contributed by atoms with Gasteiger partial charge >= 0.3 is 0 Å². The third-order valence-corrected chi connectivity index (χ3v) is 6.52. The van der Waals surface area contributed by atoms with Crippen molar-refractivity contribution >= 4 is 33.9 Å². The molecule has 1 saturated heterocycles. The largest absolute Gasteiger partial charge is 0.441 e. The molecule has 11 heteroatoms. The van der Waals surface area contributed by atoms with E-state index in [2.05, 4.69) is 39.3 Å². The number of ether oxygens (including phenoxy) is 1. The average Bonchev–Trinajstić information content (AvgIpc) is 3.60. The van der Waals surface area contributed by atoms with Crippen LogP contribution in [-0.4, -0.2) is 68.8 Å². The molecule has 0 saturated carbocycles. The lowest BCUT2D eigenvalue weighted by molar-refractivity contribution is 0.190. The summed E-state index contributed by atoms with van der Waals surface area (Å²) in [5.74, 6) is 1.47. The van der Waals surface area contributed by atoms with Gasteiger partial charge in [-0.3, -0.25) is 4.68 Å². The number of oxazole rings is 1. The van der Waals surface area contributed by atoms with Crippen molar-refractivity contribution in [3.63, 3.8) is 0 Å². The predicted molar refractivity (Wildman–Crippen MR) is 138 cm³/mol. The molecule has 3 aromatic heterocycles. The maximum Gasteiger partial charge on any atom is 0.222 e. The summed E-state index contributed by atoms with van der Waals surface area (Å²) in [6.45, 7) is 7.98. The standard InChI is InChI=1S/C25H34N8O3/c1-3-4-8-32(9-10-34)24-22-20(29-25(26)30-24)14-33(31-22)13-18-6-5-17(12-27-19-7-11-35-15-19)23-21(18)28-16(2)36-23/h5-6,14,19,27,34H,3-4,7-13,15H2,1-2H3,(H2,26,29). The van der Waals surface area contributed by atoms with E-state index >= 15 is 0 Å². The molecule has 1 fully saturated rings. The molecule has 4 heterocycles. The van der Waals surface area contributed by atoms with Gasteiger partial charge < -0.3 is 30.2 Å². The SMILES string of the molecule is CCCCN(CCO)c1nc(N)nc2cn(Cc3ccc(CNC4CCOC4)c4oc(C)nc34)nc12. The molecule has 192 valence electrons. The third kappa shape index (κ3) is 5.13. The molecule has 5 rings (SSSR count). The number of nitrogens with zero attached hydrogens (tertiary/aromatic N) is 6. The number of unbranched alkanes of at least 4 members (excludes halogenated alkanes) is 1. The Bertz CT molecular complexity index is 1330. The number of nitrogen functional groups attached to an aromatic ring is 1. The Morgan fingerprint density at radius 2 is 2.06 bits per heavy atom. The molecule has 1 aliphatic rings. The molecule has 11 nitrogen and oxygen atoms in total. The molecule has 36 heavy (non-hydrogen) atoms. The van der Waals surface area contributed by atoms with Crippen LogP contribution in [0.4, 0.5) is 11.8 Å². The Labute approximate surface area is 209 Å². The normalized spacial score (nSPS) is 15.9. The van der Waals surface area contributed by atoms with Gasteiger partial charge in [0.15, 0.2) is 22.8 Å². The molecule has 0 radical (unpaired) electrons. The number of hydrogen-bond acceptors (Lipinski definition) is 10. The van der Waals surface area contributed by atoms with Gasteiger partial charge in [-0.1, -0.05) is 25.5 Å². The number of aromatic nitrogens is 5. The molecule has 1 unspecified atom stereocenters. The Kier molecular flexibility index (Phi) is 7.30. The number of aryl methyl sites for hydroxylation is 1. The Morgan fingerprint density at radius 3 is 2.83 bits per heavy atom. The van der Waals surface area contributed by atoms with E-state index in [0.717, 1.165) is 61.2 Å². The third-order valence-electron chi connectivity index (χ3n) is 6.52. The van der Waals surface area contributed by atoms with Crippen molar-refractivity contribution in [2.45, 2.75) is 52.2 Å². The Morgan fingerprint density at radius 1 is 1.19 bits per heavy atom. The second kappa shape index (κ2) is 10.8. The summed E-state index contributed by atoms with van der Waals surface area (Å²) in [6, 6.07) is 4.54. The van der Waals surface area contributed by atoms with Crippen molar-refractivity contribution in [2.75, 3.05) is 43.5 Å². The molecule has 1 atom stereocenters. The van der Waals surface area contributed by atoms with Crippen LogP contribution >= 0.6 is 0 Å². The minimum absolute atomic E-state index is 0.0221. The summed E-state index contributed by atoms with van der Waals surface area (Å²) in [4.78, 5) is 15.6. The number of anilines is 2. The van der Waals surface area contributed by atoms with E-state index in [1.165, 1.54) is 0 Å². The lowest BCUT2D eigenvalue weighted by Gasteiger charge is -2.22. The minimum Gasteiger partial charge on any atom is -0.441 e. The molecule has 1 aliphatic heterocycles. The maximum atomic E-state index is 9.60. The highest BCUT2D eigenvalue weighted by atomic mass is 16.5. The van der Waals surface area contributed by atoms with E-state index in [-0.39, 0.29) is 12.6 Å². The van der Waals surface area contributed by atoms with Crippen molar-refractivity contribution in [1.82, 2.24) is 30.0 Å². The highest BCUT2D eigenvalue weighted by Gasteiger charge is 2.20. The van der Waals surface area contributed by atoms with Crippen LogP contribution in [0.3, 0.4) is 0 Å². The first-order chi connectivity index (χ1) is 17.6. The fraction of sp³-hybridized carbons (Fsp3) is 0.520. The Balaban J connectivity index is 1.44. The van der Waals surface area contributed by atoms with Crippen molar-refractivity contribution < 1.29 is 14.3 Å². The van der Waals surface area contributed by atoms with E-state index < -0.39 is 0 Å². The van der Waals surface area contributed by atoms with Crippen molar-refractivity contribution in [2.24, 2.45) is 0 Å². The van der Waals surface area contributed by atoms with E-state index in [1.54, 1.807) is 0 Å². The van der Waals surface area contributed by atoms with Crippen molar-refractivity contribution in [1.29, 1.82) is 0 Å². The van der Waals surface area contributed by atoms with E-state index in [1.807, 2.05) is 22.7 Å². The lowest BCUT2D eigenvalue weighted by atomic mass is 10.1. The van der Waals surface area contributed by atoms with Gasteiger partial charge in [0.25, 0.3) is 0 Å². The van der Waals surface area contributed by atoms with Crippen LogP contribution in [0, 0.1) is 6.92 Å². The maximum absolute atomic E-state index is 9.60. The zero-order chi connectivity index (χ0) is 25.1. The van der Waals surface area contributed by atoms with Crippen LogP contribution < -0.4 is 16.0 Å². The van der Waals surface area contributed by atoms with Gasteiger partial charge in [0.05, 0.1) is 26.0 Å². The molecule has 0 spiro atoms. The number of nitrogens with one attached hydrogen (secondary N) is 1. The van der Waals surface area contributed by atoms with Crippen LogP contribution in [0.5, 0.6) is 0 Å². The molecular weight excluding hydrogens is 460 g/mol. The molecule has 4 aromatic rings. The first kappa shape index (κ1) is 24.4.